The maximum absolute atomic E-state index is 14.2. The first kappa shape index (κ1) is 17.1. The Kier molecular flexibility index (Phi) is 4.70. The second kappa shape index (κ2) is 6.61. The molecule has 12 heteroatoms. The van der Waals surface area contributed by atoms with Crippen LogP contribution in [0.4, 0.5) is 21.7 Å². The molecule has 0 amide bonds. The van der Waals surface area contributed by atoms with Crippen molar-refractivity contribution in [2.45, 2.75) is 12.5 Å². The van der Waals surface area contributed by atoms with E-state index in [2.05, 4.69) is 15.3 Å². The Morgan fingerprint density at radius 3 is 2.96 bits per heavy atom. The highest BCUT2D eigenvalue weighted by atomic mass is 31.2. The Labute approximate surface area is 137 Å². The lowest BCUT2D eigenvalue weighted by molar-refractivity contribution is -0.110. The summed E-state index contributed by atoms with van der Waals surface area (Å²) in [4.78, 5) is 9.49. The van der Waals surface area contributed by atoms with Gasteiger partial charge in [-0.05, 0) is 0 Å². The standard InChI is InChI=1S/C12H17FN5O5P/c1-20-24(19,21-2)6-22-8-3-7(13)12(23-8)18-5-17-9-10(14)15-4-16-11(9)18/h3-4,8,12,17H,5-6H2,1-2H3,(H2,14,15,16). The molecule has 0 saturated carbocycles. The Morgan fingerprint density at radius 2 is 2.25 bits per heavy atom. The molecule has 3 rings (SSSR count). The molecule has 0 radical (unpaired) electrons. The van der Waals surface area contributed by atoms with Gasteiger partial charge in [-0.15, -0.1) is 0 Å². The predicted octanol–water partition coefficient (Wildman–Crippen LogP) is 1.24. The van der Waals surface area contributed by atoms with Crippen LogP contribution in [-0.4, -0.2) is 49.7 Å². The molecule has 1 aromatic rings. The molecule has 3 heterocycles. The van der Waals surface area contributed by atoms with E-state index in [0.717, 1.165) is 6.08 Å². The first-order chi connectivity index (χ1) is 11.5. The van der Waals surface area contributed by atoms with Crippen molar-refractivity contribution in [3.8, 4) is 0 Å². The third kappa shape index (κ3) is 3.08. The normalized spacial score (nSPS) is 23.1. The van der Waals surface area contributed by atoms with Gasteiger partial charge in [0, 0.05) is 20.3 Å². The Morgan fingerprint density at radius 1 is 1.50 bits per heavy atom. The highest BCUT2D eigenvalue weighted by Crippen LogP contribution is 2.47. The number of fused-ring (bicyclic) bond motifs is 1. The first-order valence-corrected chi connectivity index (χ1v) is 8.66. The Hall–Kier alpha value is -1.78. The molecule has 0 spiro atoms. The number of halogens is 1. The number of ether oxygens (including phenoxy) is 2. The average Bonchev–Trinajstić information content (AvgIpc) is 3.17. The molecule has 0 saturated heterocycles. The zero-order valence-electron chi connectivity index (χ0n) is 13.0. The lowest BCUT2D eigenvalue weighted by Gasteiger charge is -2.25. The van der Waals surface area contributed by atoms with E-state index in [1.54, 1.807) is 0 Å². The van der Waals surface area contributed by atoms with Gasteiger partial charge in [0.05, 0.1) is 6.67 Å². The zero-order valence-corrected chi connectivity index (χ0v) is 13.9. The fourth-order valence-corrected chi connectivity index (χ4v) is 3.00. The summed E-state index contributed by atoms with van der Waals surface area (Å²) in [5.74, 6) is 0.131. The predicted molar refractivity (Wildman–Crippen MR) is 82.8 cm³/mol. The minimum absolute atomic E-state index is 0.242. The van der Waals surface area contributed by atoms with Gasteiger partial charge in [0.2, 0.25) is 0 Å². The van der Waals surface area contributed by atoms with Crippen molar-refractivity contribution in [3.05, 3.63) is 18.2 Å². The van der Waals surface area contributed by atoms with Crippen LogP contribution in [0.1, 0.15) is 0 Å². The number of nitrogens with two attached hydrogens (primary N) is 1. The average molecular weight is 361 g/mol. The SMILES string of the molecule is COP(=O)(COC1C=C(F)C(N2CNc3c(N)ncnc32)O1)OC. The quantitative estimate of drug-likeness (QED) is 0.716. The molecule has 24 heavy (non-hydrogen) atoms. The molecular weight excluding hydrogens is 344 g/mol. The number of rotatable bonds is 6. The van der Waals surface area contributed by atoms with Crippen LogP contribution in [0.2, 0.25) is 0 Å². The molecule has 0 aromatic carbocycles. The van der Waals surface area contributed by atoms with Gasteiger partial charge in [0.15, 0.2) is 36.3 Å². The number of hydrogen-bond acceptors (Lipinski definition) is 10. The summed E-state index contributed by atoms with van der Waals surface area (Å²) in [5.41, 5.74) is 6.26. The highest BCUT2D eigenvalue weighted by Gasteiger charge is 2.38. The molecule has 2 aliphatic rings. The molecule has 2 aliphatic heterocycles. The van der Waals surface area contributed by atoms with Crippen LogP contribution < -0.4 is 16.0 Å². The number of nitrogens with one attached hydrogen (secondary N) is 1. The van der Waals surface area contributed by atoms with E-state index in [4.69, 9.17) is 24.3 Å². The van der Waals surface area contributed by atoms with E-state index < -0.39 is 25.9 Å². The van der Waals surface area contributed by atoms with Crippen LogP contribution >= 0.6 is 7.60 Å². The summed E-state index contributed by atoms with van der Waals surface area (Å²) in [7, 11) is -0.904. The van der Waals surface area contributed by atoms with Crippen molar-refractivity contribution in [1.29, 1.82) is 0 Å². The second-order valence-electron chi connectivity index (χ2n) is 4.94. The van der Waals surface area contributed by atoms with Crippen molar-refractivity contribution >= 4 is 24.9 Å². The van der Waals surface area contributed by atoms with Gasteiger partial charge in [0.25, 0.3) is 0 Å². The smallest absolute Gasteiger partial charge is 0.355 e. The summed E-state index contributed by atoms with van der Waals surface area (Å²) < 4.78 is 46.4. The minimum atomic E-state index is -3.38. The van der Waals surface area contributed by atoms with Crippen LogP contribution in [0.15, 0.2) is 18.2 Å². The van der Waals surface area contributed by atoms with E-state index in [0.29, 0.717) is 11.5 Å². The number of nitrogens with zero attached hydrogens (tertiary/aromatic N) is 3. The van der Waals surface area contributed by atoms with E-state index >= 15 is 0 Å². The number of aromatic nitrogens is 2. The van der Waals surface area contributed by atoms with Gasteiger partial charge in [-0.25, -0.2) is 14.4 Å². The second-order valence-corrected chi connectivity index (χ2v) is 7.15. The summed E-state index contributed by atoms with van der Waals surface area (Å²) >= 11 is 0. The van der Waals surface area contributed by atoms with Gasteiger partial charge >= 0.3 is 7.60 Å². The van der Waals surface area contributed by atoms with Gasteiger partial charge in [-0.3, -0.25) is 4.57 Å². The topological polar surface area (TPSA) is 121 Å². The fourth-order valence-electron chi connectivity index (χ4n) is 2.31. The molecule has 0 aliphatic carbocycles. The van der Waals surface area contributed by atoms with Crippen LogP contribution in [0.25, 0.3) is 0 Å². The van der Waals surface area contributed by atoms with E-state index in [1.807, 2.05) is 0 Å². The number of nitrogen functional groups attached to an aromatic ring is 1. The van der Waals surface area contributed by atoms with Crippen molar-refractivity contribution in [3.63, 3.8) is 0 Å². The number of hydrogen-bond donors (Lipinski definition) is 2. The largest absolute Gasteiger partial charge is 0.382 e. The van der Waals surface area contributed by atoms with Crippen LogP contribution in [0.5, 0.6) is 0 Å². The monoisotopic (exact) mass is 361 g/mol. The van der Waals surface area contributed by atoms with Gasteiger partial charge in [-0.2, -0.15) is 0 Å². The van der Waals surface area contributed by atoms with Crippen molar-refractivity contribution in [2.24, 2.45) is 0 Å². The molecule has 1 aromatic heterocycles. The van der Waals surface area contributed by atoms with E-state index in [1.165, 1.54) is 25.4 Å². The molecule has 0 bridgehead atoms. The summed E-state index contributed by atoms with van der Waals surface area (Å²) in [5, 5.41) is 2.98. The van der Waals surface area contributed by atoms with Gasteiger partial charge in [0.1, 0.15) is 12.0 Å². The highest BCUT2D eigenvalue weighted by molar-refractivity contribution is 7.53. The van der Waals surface area contributed by atoms with E-state index in [-0.39, 0.29) is 18.8 Å². The molecule has 0 fully saturated rings. The minimum Gasteiger partial charge on any atom is -0.382 e. The molecule has 2 unspecified atom stereocenters. The molecule has 10 nitrogen and oxygen atoms in total. The van der Waals surface area contributed by atoms with Crippen molar-refractivity contribution in [2.75, 3.05) is 43.2 Å². The van der Waals surface area contributed by atoms with Crippen LogP contribution in [-0.2, 0) is 23.1 Å². The molecule has 3 N–H and O–H groups in total. The fraction of sp³-hybridized carbons (Fsp3) is 0.500. The lowest BCUT2D eigenvalue weighted by Crippen LogP contribution is -2.37. The number of anilines is 3. The van der Waals surface area contributed by atoms with Gasteiger partial charge in [-0.1, -0.05) is 0 Å². The summed E-state index contributed by atoms with van der Waals surface area (Å²) in [6.45, 7) is 0.242. The maximum Gasteiger partial charge on any atom is 0.355 e. The summed E-state index contributed by atoms with van der Waals surface area (Å²) in [6.07, 6.45) is -0.0143. The molecule has 2 atom stereocenters. The van der Waals surface area contributed by atoms with Crippen molar-refractivity contribution in [1.82, 2.24) is 9.97 Å². The van der Waals surface area contributed by atoms with Gasteiger partial charge < -0.3 is 34.5 Å². The van der Waals surface area contributed by atoms with Crippen molar-refractivity contribution < 1.29 is 27.5 Å². The third-order valence-electron chi connectivity index (χ3n) is 3.59. The Balaban J connectivity index is 1.68. The van der Waals surface area contributed by atoms with Crippen LogP contribution in [0, 0.1) is 0 Å². The molecule has 132 valence electrons. The molecular formula is C12H17FN5O5P. The summed E-state index contributed by atoms with van der Waals surface area (Å²) in [6, 6.07) is 0. The Bertz CT molecular complexity index is 696. The maximum atomic E-state index is 14.2. The zero-order chi connectivity index (χ0) is 17.3. The third-order valence-corrected chi connectivity index (χ3v) is 5.16. The lowest BCUT2D eigenvalue weighted by atomic mass is 10.4. The van der Waals surface area contributed by atoms with E-state index in [9.17, 15) is 8.96 Å². The first-order valence-electron chi connectivity index (χ1n) is 6.93. The van der Waals surface area contributed by atoms with Crippen LogP contribution in [0.3, 0.4) is 0 Å².